The molecular formula is C24H27N5O3. The van der Waals surface area contributed by atoms with E-state index in [4.69, 9.17) is 4.74 Å². The van der Waals surface area contributed by atoms with Crippen molar-refractivity contribution in [3.05, 3.63) is 48.0 Å². The van der Waals surface area contributed by atoms with E-state index in [9.17, 15) is 14.9 Å². The number of hydrogen-bond acceptors (Lipinski definition) is 6. The van der Waals surface area contributed by atoms with Crippen LogP contribution in [0.1, 0.15) is 12.0 Å². The highest BCUT2D eigenvalue weighted by Crippen LogP contribution is 2.33. The van der Waals surface area contributed by atoms with Crippen molar-refractivity contribution in [2.75, 3.05) is 43.5 Å². The number of carbonyl (C=O) groups is 2. The molecule has 8 nitrogen and oxygen atoms in total. The van der Waals surface area contributed by atoms with Gasteiger partial charge in [-0.3, -0.25) is 9.59 Å². The second kappa shape index (κ2) is 9.81. The highest BCUT2D eigenvalue weighted by Gasteiger charge is 2.24. The van der Waals surface area contributed by atoms with Crippen LogP contribution in [0.3, 0.4) is 0 Å². The second-order valence-corrected chi connectivity index (χ2v) is 8.05. The first kappa shape index (κ1) is 21.8. The number of rotatable bonds is 5. The molecule has 2 unspecified atom stereocenters. The van der Waals surface area contributed by atoms with Crippen molar-refractivity contribution in [2.45, 2.75) is 25.0 Å². The lowest BCUT2D eigenvalue weighted by Gasteiger charge is -2.27. The van der Waals surface area contributed by atoms with E-state index < -0.39 is 12.1 Å². The van der Waals surface area contributed by atoms with E-state index in [-0.39, 0.29) is 11.8 Å². The van der Waals surface area contributed by atoms with Crippen LogP contribution in [0.2, 0.25) is 0 Å². The summed E-state index contributed by atoms with van der Waals surface area (Å²) >= 11 is 0. The lowest BCUT2D eigenvalue weighted by molar-refractivity contribution is -0.132. The molecule has 2 heterocycles. The molecule has 0 radical (unpaired) electrons. The lowest BCUT2D eigenvalue weighted by Crippen LogP contribution is -2.46. The summed E-state index contributed by atoms with van der Waals surface area (Å²) in [5, 5.41) is 18.6. The van der Waals surface area contributed by atoms with Gasteiger partial charge in [0, 0.05) is 26.6 Å². The van der Waals surface area contributed by atoms with Crippen molar-refractivity contribution in [2.24, 2.45) is 0 Å². The molecule has 8 heteroatoms. The van der Waals surface area contributed by atoms with Crippen molar-refractivity contribution in [3.8, 4) is 17.2 Å². The number of carbonyl (C=O) groups excluding carboxylic acids is 2. The fourth-order valence-corrected chi connectivity index (χ4v) is 3.91. The Hall–Kier alpha value is -3.41. The number of amides is 2. The van der Waals surface area contributed by atoms with E-state index in [1.807, 2.05) is 42.5 Å². The number of nitrogens with zero attached hydrogens (tertiary/aromatic N) is 2. The van der Waals surface area contributed by atoms with Crippen LogP contribution >= 0.6 is 0 Å². The topological polar surface area (TPSA) is 106 Å². The highest BCUT2D eigenvalue weighted by atomic mass is 16.5. The van der Waals surface area contributed by atoms with Gasteiger partial charge in [-0.2, -0.15) is 5.26 Å². The molecule has 1 fully saturated rings. The molecule has 2 aliphatic heterocycles. The van der Waals surface area contributed by atoms with Gasteiger partial charge in [0.25, 0.3) is 5.91 Å². The van der Waals surface area contributed by atoms with Crippen LogP contribution < -0.4 is 20.9 Å². The molecule has 0 saturated carbocycles. The first-order valence-corrected chi connectivity index (χ1v) is 10.8. The maximum atomic E-state index is 12.5. The number of ether oxygens (including phenoxy) is 1. The fraction of sp³-hybridized carbons (Fsp3) is 0.375. The van der Waals surface area contributed by atoms with Gasteiger partial charge in [-0.15, -0.1) is 0 Å². The van der Waals surface area contributed by atoms with Gasteiger partial charge in [0.05, 0.1) is 24.0 Å². The fourth-order valence-electron chi connectivity index (χ4n) is 3.91. The zero-order valence-electron chi connectivity index (χ0n) is 18.1. The van der Waals surface area contributed by atoms with Gasteiger partial charge in [-0.25, -0.2) is 0 Å². The SMILES string of the molecule is CN1C(=O)CNc2ccc(-c3ccc(CC(C#N)NC(=O)C4CNCCCO4)cc3)cc21. The van der Waals surface area contributed by atoms with Crippen LogP contribution in [-0.4, -0.2) is 57.2 Å². The van der Waals surface area contributed by atoms with E-state index >= 15 is 0 Å². The summed E-state index contributed by atoms with van der Waals surface area (Å²) in [7, 11) is 1.78. The third-order valence-electron chi connectivity index (χ3n) is 5.80. The van der Waals surface area contributed by atoms with Crippen LogP contribution in [0.4, 0.5) is 11.4 Å². The largest absolute Gasteiger partial charge is 0.374 e. The molecule has 0 bridgehead atoms. The van der Waals surface area contributed by atoms with Gasteiger partial charge >= 0.3 is 0 Å². The molecule has 166 valence electrons. The maximum Gasteiger partial charge on any atom is 0.251 e. The zero-order chi connectivity index (χ0) is 22.5. The molecule has 0 spiro atoms. The minimum absolute atomic E-state index is 0.0274. The van der Waals surface area contributed by atoms with Crippen molar-refractivity contribution in [1.82, 2.24) is 10.6 Å². The average Bonchev–Trinajstić information content (AvgIpc) is 3.11. The Morgan fingerprint density at radius 2 is 2.06 bits per heavy atom. The molecule has 2 atom stereocenters. The number of anilines is 2. The molecule has 4 rings (SSSR count). The molecule has 2 aromatic rings. The third kappa shape index (κ3) is 4.90. The number of fused-ring (bicyclic) bond motifs is 1. The minimum atomic E-state index is -0.630. The van der Waals surface area contributed by atoms with E-state index in [0.29, 0.717) is 26.1 Å². The summed E-state index contributed by atoms with van der Waals surface area (Å²) in [5.41, 5.74) is 4.76. The van der Waals surface area contributed by atoms with E-state index in [0.717, 1.165) is 41.0 Å². The van der Waals surface area contributed by atoms with Crippen molar-refractivity contribution in [3.63, 3.8) is 0 Å². The predicted molar refractivity (Wildman–Crippen MR) is 122 cm³/mol. The van der Waals surface area contributed by atoms with Gasteiger partial charge in [0.2, 0.25) is 5.91 Å². The van der Waals surface area contributed by atoms with Crippen molar-refractivity contribution in [1.29, 1.82) is 5.26 Å². The Balaban J connectivity index is 1.41. The molecule has 3 N–H and O–H groups in total. The molecule has 2 aromatic carbocycles. The Labute approximate surface area is 187 Å². The molecule has 0 aromatic heterocycles. The van der Waals surface area contributed by atoms with Crippen LogP contribution in [-0.2, 0) is 20.7 Å². The number of likely N-dealkylation sites (N-methyl/N-ethyl adjacent to an activating group) is 1. The molecule has 1 saturated heterocycles. The average molecular weight is 434 g/mol. The van der Waals surface area contributed by atoms with Gasteiger partial charge in [0.1, 0.15) is 12.1 Å². The van der Waals surface area contributed by atoms with Crippen molar-refractivity contribution >= 4 is 23.2 Å². The summed E-state index contributed by atoms with van der Waals surface area (Å²) in [4.78, 5) is 26.1. The summed E-state index contributed by atoms with van der Waals surface area (Å²) in [6.07, 6.45) is 0.707. The van der Waals surface area contributed by atoms with Crippen molar-refractivity contribution < 1.29 is 14.3 Å². The van der Waals surface area contributed by atoms with Crippen LogP contribution in [0.15, 0.2) is 42.5 Å². The van der Waals surface area contributed by atoms with E-state index in [1.165, 1.54) is 0 Å². The van der Waals surface area contributed by atoms with Crippen LogP contribution in [0, 0.1) is 11.3 Å². The number of hydrogen-bond donors (Lipinski definition) is 3. The first-order valence-electron chi connectivity index (χ1n) is 10.8. The Morgan fingerprint density at radius 3 is 2.84 bits per heavy atom. The van der Waals surface area contributed by atoms with Gasteiger partial charge < -0.3 is 25.6 Å². The quantitative estimate of drug-likeness (QED) is 0.662. The molecule has 32 heavy (non-hydrogen) atoms. The minimum Gasteiger partial charge on any atom is -0.374 e. The number of nitriles is 1. The standard InChI is InChI=1S/C24H27N5O3/c1-29-21-12-18(7-8-20(21)27-15-23(29)30)17-5-3-16(4-6-17)11-19(13-25)28-24(31)22-14-26-9-2-10-32-22/h3-8,12,19,22,26-27H,2,9-11,14-15H2,1H3,(H,28,31). The van der Waals surface area contributed by atoms with Crippen LogP contribution in [0.25, 0.3) is 11.1 Å². The molecule has 2 amide bonds. The Kier molecular flexibility index (Phi) is 6.69. The number of benzene rings is 2. The Bertz CT molecular complexity index is 1020. The zero-order valence-corrected chi connectivity index (χ0v) is 18.1. The summed E-state index contributed by atoms with van der Waals surface area (Å²) in [6.45, 7) is 2.12. The van der Waals surface area contributed by atoms with Gasteiger partial charge in [0.15, 0.2) is 0 Å². The van der Waals surface area contributed by atoms with E-state index in [2.05, 4.69) is 22.0 Å². The third-order valence-corrected chi connectivity index (χ3v) is 5.80. The first-order chi connectivity index (χ1) is 15.5. The van der Waals surface area contributed by atoms with Gasteiger partial charge in [-0.1, -0.05) is 30.3 Å². The maximum absolute atomic E-state index is 12.5. The molecular weight excluding hydrogens is 406 g/mol. The van der Waals surface area contributed by atoms with Crippen LogP contribution in [0.5, 0.6) is 0 Å². The molecule has 2 aliphatic rings. The highest BCUT2D eigenvalue weighted by molar-refractivity contribution is 6.03. The summed E-state index contributed by atoms with van der Waals surface area (Å²) < 4.78 is 5.57. The van der Waals surface area contributed by atoms with E-state index in [1.54, 1.807) is 11.9 Å². The smallest absolute Gasteiger partial charge is 0.251 e. The normalized spacial score (nSPS) is 19.2. The number of nitrogens with one attached hydrogen (secondary N) is 3. The second-order valence-electron chi connectivity index (χ2n) is 8.05. The summed E-state index contributed by atoms with van der Waals surface area (Å²) in [6, 6.07) is 15.4. The summed E-state index contributed by atoms with van der Waals surface area (Å²) in [5.74, 6) is -0.233. The Morgan fingerprint density at radius 1 is 1.28 bits per heavy atom. The lowest BCUT2D eigenvalue weighted by atomic mass is 9.99. The van der Waals surface area contributed by atoms with Gasteiger partial charge in [-0.05, 0) is 41.8 Å². The predicted octanol–water partition coefficient (Wildman–Crippen LogP) is 1.67. The molecule has 0 aliphatic carbocycles. The monoisotopic (exact) mass is 433 g/mol.